The highest BCUT2D eigenvalue weighted by Gasteiger charge is 2.25. The molecule has 0 aliphatic heterocycles. The zero-order chi connectivity index (χ0) is 18.7. The van der Waals surface area contributed by atoms with Crippen LogP contribution in [0.1, 0.15) is 65.2 Å². The number of anilines is 1. The molecule has 0 aromatic heterocycles. The molecule has 1 aromatic rings. The Morgan fingerprint density at radius 3 is 1.88 bits per heavy atom. The van der Waals surface area contributed by atoms with Gasteiger partial charge in [0.05, 0.1) is 19.9 Å². The van der Waals surface area contributed by atoms with E-state index in [9.17, 15) is 9.59 Å². The van der Waals surface area contributed by atoms with Gasteiger partial charge < -0.3 is 9.47 Å². The van der Waals surface area contributed by atoms with Crippen molar-refractivity contribution >= 4 is 17.5 Å². The summed E-state index contributed by atoms with van der Waals surface area (Å²) in [6, 6.07) is 5.15. The Balaban J connectivity index is 3.08. The highest BCUT2D eigenvalue weighted by Crippen LogP contribution is 2.33. The third-order valence-electron chi connectivity index (χ3n) is 4.11. The van der Waals surface area contributed by atoms with Gasteiger partial charge in [-0.1, -0.05) is 39.5 Å². The molecule has 0 saturated heterocycles. The zero-order valence-electron chi connectivity index (χ0n) is 16.0. The first-order valence-corrected chi connectivity index (χ1v) is 9.16. The second-order valence-corrected chi connectivity index (χ2v) is 6.07. The van der Waals surface area contributed by atoms with E-state index in [2.05, 4.69) is 13.8 Å². The van der Waals surface area contributed by atoms with Crippen LogP contribution in [0, 0.1) is 0 Å². The van der Waals surface area contributed by atoms with Crippen molar-refractivity contribution in [3.8, 4) is 11.5 Å². The smallest absolute Gasteiger partial charge is 0.233 e. The van der Waals surface area contributed by atoms with E-state index in [0.717, 1.165) is 38.5 Å². The van der Waals surface area contributed by atoms with E-state index in [-0.39, 0.29) is 11.8 Å². The molecular formula is C20H31NO4. The Bertz CT molecular complexity index is 535. The second-order valence-electron chi connectivity index (χ2n) is 6.07. The molecule has 0 unspecified atom stereocenters. The fourth-order valence-electron chi connectivity index (χ4n) is 2.65. The lowest BCUT2D eigenvalue weighted by Gasteiger charge is -2.23. The van der Waals surface area contributed by atoms with Crippen LogP contribution in [-0.2, 0) is 9.59 Å². The number of ether oxygens (including phenoxy) is 2. The minimum atomic E-state index is -0.168. The molecule has 0 bridgehead atoms. The molecule has 0 spiro atoms. The molecule has 2 amide bonds. The number of imide groups is 1. The van der Waals surface area contributed by atoms with Gasteiger partial charge in [0.15, 0.2) is 0 Å². The van der Waals surface area contributed by atoms with Crippen molar-refractivity contribution in [1.29, 1.82) is 0 Å². The molecule has 0 saturated carbocycles. The summed E-state index contributed by atoms with van der Waals surface area (Å²) < 4.78 is 10.6. The summed E-state index contributed by atoms with van der Waals surface area (Å²) in [7, 11) is 3.09. The summed E-state index contributed by atoms with van der Waals surface area (Å²) in [6.45, 7) is 4.18. The summed E-state index contributed by atoms with van der Waals surface area (Å²) in [4.78, 5) is 26.8. The molecule has 0 heterocycles. The van der Waals surface area contributed by atoms with E-state index >= 15 is 0 Å². The second kappa shape index (κ2) is 11.5. The SMILES string of the molecule is CCCCCC(=O)N(C(=O)CCCCC)c1ccc(OC)cc1OC. The van der Waals surface area contributed by atoms with Gasteiger partial charge >= 0.3 is 0 Å². The molecule has 0 radical (unpaired) electrons. The average Bonchev–Trinajstić information content (AvgIpc) is 2.62. The number of amides is 2. The van der Waals surface area contributed by atoms with Gasteiger partial charge in [0.1, 0.15) is 11.5 Å². The number of methoxy groups -OCH3 is 2. The summed E-state index contributed by atoms with van der Waals surface area (Å²) in [6.07, 6.45) is 6.31. The lowest BCUT2D eigenvalue weighted by atomic mass is 10.1. The first kappa shape index (κ1) is 21.0. The summed E-state index contributed by atoms with van der Waals surface area (Å²) in [5.74, 6) is 0.751. The lowest BCUT2D eigenvalue weighted by molar-refractivity contribution is -0.126. The van der Waals surface area contributed by atoms with E-state index < -0.39 is 0 Å². The van der Waals surface area contributed by atoms with Crippen LogP contribution in [0.4, 0.5) is 5.69 Å². The van der Waals surface area contributed by atoms with Crippen LogP contribution in [0.15, 0.2) is 18.2 Å². The third-order valence-corrected chi connectivity index (χ3v) is 4.11. The van der Waals surface area contributed by atoms with Crippen molar-refractivity contribution < 1.29 is 19.1 Å². The fraction of sp³-hybridized carbons (Fsp3) is 0.600. The normalized spacial score (nSPS) is 10.4. The summed E-state index contributed by atoms with van der Waals surface area (Å²) in [5.41, 5.74) is 0.492. The average molecular weight is 349 g/mol. The van der Waals surface area contributed by atoms with Crippen LogP contribution in [0.25, 0.3) is 0 Å². The Kier molecular flexibility index (Phi) is 9.66. The van der Waals surface area contributed by atoms with Crippen LogP contribution >= 0.6 is 0 Å². The molecule has 0 atom stereocenters. The number of carbonyl (C=O) groups excluding carboxylic acids is 2. The van der Waals surface area contributed by atoms with Gasteiger partial charge in [0.2, 0.25) is 11.8 Å². The minimum Gasteiger partial charge on any atom is -0.497 e. The number of rotatable bonds is 11. The molecular weight excluding hydrogens is 318 g/mol. The maximum absolute atomic E-state index is 12.7. The quantitative estimate of drug-likeness (QED) is 0.542. The first-order chi connectivity index (χ1) is 12.1. The Hall–Kier alpha value is -2.04. The van der Waals surface area contributed by atoms with Crippen LogP contribution < -0.4 is 14.4 Å². The predicted molar refractivity (Wildman–Crippen MR) is 100 cm³/mol. The molecule has 5 heteroatoms. The van der Waals surface area contributed by atoms with Gasteiger partial charge in [-0.25, -0.2) is 4.90 Å². The Morgan fingerprint density at radius 1 is 0.880 bits per heavy atom. The van der Waals surface area contributed by atoms with Crippen molar-refractivity contribution in [3.05, 3.63) is 18.2 Å². The van der Waals surface area contributed by atoms with Crippen molar-refractivity contribution in [2.75, 3.05) is 19.1 Å². The predicted octanol–water partition coefficient (Wildman–Crippen LogP) is 4.72. The summed E-state index contributed by atoms with van der Waals surface area (Å²) >= 11 is 0. The molecule has 5 nitrogen and oxygen atoms in total. The zero-order valence-corrected chi connectivity index (χ0v) is 16.0. The maximum atomic E-state index is 12.7. The molecule has 0 fully saturated rings. The van der Waals surface area contributed by atoms with Crippen LogP contribution in [0.5, 0.6) is 11.5 Å². The van der Waals surface area contributed by atoms with Crippen molar-refractivity contribution in [1.82, 2.24) is 0 Å². The van der Waals surface area contributed by atoms with Gasteiger partial charge in [0, 0.05) is 18.9 Å². The molecule has 0 N–H and O–H groups in total. The molecule has 140 valence electrons. The van der Waals surface area contributed by atoms with Crippen molar-refractivity contribution in [2.24, 2.45) is 0 Å². The number of hydrogen-bond donors (Lipinski definition) is 0. The van der Waals surface area contributed by atoms with Crippen LogP contribution in [-0.4, -0.2) is 26.0 Å². The Labute approximate surface area is 151 Å². The van der Waals surface area contributed by atoms with Gasteiger partial charge in [0.25, 0.3) is 0 Å². The van der Waals surface area contributed by atoms with E-state index in [1.807, 2.05) is 0 Å². The molecule has 25 heavy (non-hydrogen) atoms. The summed E-state index contributed by atoms with van der Waals surface area (Å²) in [5, 5.41) is 0. The number of carbonyl (C=O) groups is 2. The van der Waals surface area contributed by atoms with Crippen molar-refractivity contribution in [3.63, 3.8) is 0 Å². The van der Waals surface area contributed by atoms with E-state index in [1.165, 1.54) is 12.0 Å². The molecule has 1 rings (SSSR count). The minimum absolute atomic E-state index is 0.168. The third kappa shape index (κ3) is 6.40. The highest BCUT2D eigenvalue weighted by atomic mass is 16.5. The number of benzene rings is 1. The van der Waals surface area contributed by atoms with Crippen LogP contribution in [0.3, 0.4) is 0 Å². The van der Waals surface area contributed by atoms with E-state index in [4.69, 9.17) is 9.47 Å². The van der Waals surface area contributed by atoms with E-state index in [0.29, 0.717) is 30.0 Å². The largest absolute Gasteiger partial charge is 0.497 e. The maximum Gasteiger partial charge on any atom is 0.233 e. The topological polar surface area (TPSA) is 55.8 Å². The van der Waals surface area contributed by atoms with Gasteiger partial charge in [-0.3, -0.25) is 9.59 Å². The van der Waals surface area contributed by atoms with Crippen molar-refractivity contribution in [2.45, 2.75) is 65.2 Å². The standard InChI is InChI=1S/C20H31NO4/c1-5-7-9-11-19(22)21(20(23)12-10-8-6-2)17-14-13-16(24-3)15-18(17)25-4/h13-15H,5-12H2,1-4H3. The number of hydrogen-bond acceptors (Lipinski definition) is 4. The molecule has 0 aliphatic rings. The van der Waals surface area contributed by atoms with E-state index in [1.54, 1.807) is 25.3 Å². The lowest BCUT2D eigenvalue weighted by Crippen LogP contribution is -2.37. The monoisotopic (exact) mass is 349 g/mol. The number of nitrogens with zero attached hydrogens (tertiary/aromatic N) is 1. The van der Waals surface area contributed by atoms with Crippen LogP contribution in [0.2, 0.25) is 0 Å². The Morgan fingerprint density at radius 2 is 1.44 bits per heavy atom. The first-order valence-electron chi connectivity index (χ1n) is 9.16. The molecule has 1 aromatic carbocycles. The number of unbranched alkanes of at least 4 members (excludes halogenated alkanes) is 4. The molecule has 0 aliphatic carbocycles. The highest BCUT2D eigenvalue weighted by molar-refractivity contribution is 6.15. The van der Waals surface area contributed by atoms with Gasteiger partial charge in [-0.15, -0.1) is 0 Å². The fourth-order valence-corrected chi connectivity index (χ4v) is 2.65. The van der Waals surface area contributed by atoms with Gasteiger partial charge in [-0.05, 0) is 25.0 Å². The van der Waals surface area contributed by atoms with Gasteiger partial charge in [-0.2, -0.15) is 0 Å².